The lowest BCUT2D eigenvalue weighted by molar-refractivity contribution is 0.330. The number of hydrogen-bond acceptors (Lipinski definition) is 3. The smallest absolute Gasteiger partial charge is 0.271 e. The van der Waals surface area contributed by atoms with E-state index >= 15 is 0 Å². The molecule has 0 spiro atoms. The van der Waals surface area contributed by atoms with Crippen LogP contribution in [0.2, 0.25) is 0 Å². The lowest BCUT2D eigenvalue weighted by Gasteiger charge is -2.16. The van der Waals surface area contributed by atoms with Gasteiger partial charge in [0, 0.05) is 13.1 Å². The molecule has 78 valence electrons. The summed E-state index contributed by atoms with van der Waals surface area (Å²) in [6.07, 6.45) is 2.32. The first kappa shape index (κ1) is 9.64. The van der Waals surface area contributed by atoms with Gasteiger partial charge in [-0.3, -0.25) is 0 Å². The van der Waals surface area contributed by atoms with Crippen LogP contribution in [0.1, 0.15) is 19.8 Å². The van der Waals surface area contributed by atoms with Gasteiger partial charge in [-0.05, 0) is 19.8 Å². The Bertz CT molecular complexity index is 308. The van der Waals surface area contributed by atoms with Crippen LogP contribution in [-0.4, -0.2) is 40.5 Å². The average molecular weight is 215 g/mol. The van der Waals surface area contributed by atoms with E-state index in [0.29, 0.717) is 18.3 Å². The van der Waals surface area contributed by atoms with Gasteiger partial charge in [-0.1, -0.05) is 0 Å². The molecular formula is C8H13N3O2S. The molecule has 0 aromatic heterocycles. The van der Waals surface area contributed by atoms with Crippen molar-refractivity contribution in [3.63, 3.8) is 0 Å². The summed E-state index contributed by atoms with van der Waals surface area (Å²) >= 11 is -1.47. The van der Waals surface area contributed by atoms with E-state index in [9.17, 15) is 4.21 Å². The molecule has 0 amide bonds. The molecule has 0 aromatic carbocycles. The van der Waals surface area contributed by atoms with Crippen LogP contribution in [0.15, 0.2) is 8.80 Å². The minimum absolute atomic E-state index is 0.438. The van der Waals surface area contributed by atoms with E-state index in [0.717, 1.165) is 25.9 Å². The number of hydrogen-bond donors (Lipinski definition) is 0. The maximum Gasteiger partial charge on any atom is 0.271 e. The Morgan fingerprint density at radius 2 is 2.14 bits per heavy atom. The highest BCUT2D eigenvalue weighted by atomic mass is 32.2. The maximum atomic E-state index is 11.1. The fourth-order valence-electron chi connectivity index (χ4n) is 1.59. The highest BCUT2D eigenvalue weighted by Crippen LogP contribution is 2.14. The first-order chi connectivity index (χ1) is 6.81. The predicted molar refractivity (Wildman–Crippen MR) is 55.4 cm³/mol. The third kappa shape index (κ3) is 1.79. The fourth-order valence-corrected chi connectivity index (χ4v) is 2.25. The minimum Gasteiger partial charge on any atom is -0.475 e. The molecule has 0 bridgehead atoms. The van der Waals surface area contributed by atoms with Gasteiger partial charge in [-0.15, -0.1) is 8.80 Å². The van der Waals surface area contributed by atoms with Crippen LogP contribution in [0.3, 0.4) is 0 Å². The van der Waals surface area contributed by atoms with Crippen LogP contribution in [0.5, 0.6) is 0 Å². The van der Waals surface area contributed by atoms with E-state index < -0.39 is 11.2 Å². The van der Waals surface area contributed by atoms with Gasteiger partial charge in [0.15, 0.2) is 0 Å². The zero-order valence-electron chi connectivity index (χ0n) is 8.10. The van der Waals surface area contributed by atoms with Gasteiger partial charge in [0.2, 0.25) is 5.84 Å². The van der Waals surface area contributed by atoms with E-state index in [1.54, 1.807) is 0 Å². The summed E-state index contributed by atoms with van der Waals surface area (Å²) in [4.78, 5) is 2.08. The molecule has 0 N–H and O–H groups in total. The molecule has 0 radical (unpaired) electrons. The summed E-state index contributed by atoms with van der Waals surface area (Å²) in [6.45, 7) is 4.33. The number of nitrogens with zero attached hydrogens (tertiary/aromatic N) is 3. The van der Waals surface area contributed by atoms with Crippen molar-refractivity contribution in [2.24, 2.45) is 8.80 Å². The Kier molecular flexibility index (Phi) is 2.81. The molecule has 1 atom stereocenters. The molecule has 5 nitrogen and oxygen atoms in total. The Morgan fingerprint density at radius 1 is 1.43 bits per heavy atom. The van der Waals surface area contributed by atoms with Gasteiger partial charge in [-0.25, -0.2) is 4.21 Å². The van der Waals surface area contributed by atoms with Gasteiger partial charge in [-0.2, -0.15) is 0 Å². The Morgan fingerprint density at radius 3 is 2.79 bits per heavy atom. The number of ether oxygens (including phenoxy) is 1. The number of rotatable bonds is 1. The quantitative estimate of drug-likeness (QED) is 0.640. The molecule has 1 saturated heterocycles. The second-order valence-corrected chi connectivity index (χ2v) is 4.00. The van der Waals surface area contributed by atoms with Crippen LogP contribution in [0.25, 0.3) is 0 Å². The summed E-state index contributed by atoms with van der Waals surface area (Å²) in [5.41, 5.74) is 0. The molecule has 1 fully saturated rings. The van der Waals surface area contributed by atoms with Crippen LogP contribution in [-0.2, 0) is 15.9 Å². The second kappa shape index (κ2) is 4.08. The minimum atomic E-state index is -1.47. The van der Waals surface area contributed by atoms with Gasteiger partial charge >= 0.3 is 0 Å². The molecule has 14 heavy (non-hydrogen) atoms. The molecule has 2 aliphatic heterocycles. The first-order valence-electron chi connectivity index (χ1n) is 4.78. The SMILES string of the molecule is CCOC1=NS(=O)N=C1N1CCCC1. The zero-order chi connectivity index (χ0) is 9.97. The average Bonchev–Trinajstić information content (AvgIpc) is 2.74. The molecule has 6 heteroatoms. The van der Waals surface area contributed by atoms with Crippen molar-refractivity contribution in [1.82, 2.24) is 4.90 Å². The van der Waals surface area contributed by atoms with E-state index in [4.69, 9.17) is 4.74 Å². The van der Waals surface area contributed by atoms with Gasteiger partial charge < -0.3 is 9.64 Å². The molecule has 0 aromatic rings. The molecule has 2 heterocycles. The molecule has 2 rings (SSSR count). The van der Waals surface area contributed by atoms with Crippen molar-refractivity contribution in [3.8, 4) is 0 Å². The Labute approximate surface area is 85.6 Å². The monoisotopic (exact) mass is 215 g/mol. The van der Waals surface area contributed by atoms with Gasteiger partial charge in [0.1, 0.15) is 0 Å². The van der Waals surface area contributed by atoms with Crippen LogP contribution in [0, 0.1) is 0 Å². The third-order valence-electron chi connectivity index (χ3n) is 2.20. The van der Waals surface area contributed by atoms with Crippen LogP contribution in [0.4, 0.5) is 0 Å². The van der Waals surface area contributed by atoms with Crippen LogP contribution < -0.4 is 0 Å². The Hall–Kier alpha value is -0.910. The number of likely N-dealkylation sites (tertiary alicyclic amines) is 1. The molecule has 0 aliphatic carbocycles. The first-order valence-corrected chi connectivity index (χ1v) is 5.85. The van der Waals surface area contributed by atoms with Crippen molar-refractivity contribution in [2.75, 3.05) is 19.7 Å². The zero-order valence-corrected chi connectivity index (χ0v) is 8.92. The van der Waals surface area contributed by atoms with Crippen molar-refractivity contribution >= 4 is 22.9 Å². The molecular weight excluding hydrogens is 202 g/mol. The summed E-state index contributed by atoms with van der Waals surface area (Å²) in [5.74, 6) is 1.11. The molecule has 0 saturated carbocycles. The van der Waals surface area contributed by atoms with E-state index in [1.165, 1.54) is 0 Å². The fraction of sp³-hybridized carbons (Fsp3) is 0.750. The standard InChI is InChI=1S/C8H13N3O2S/c1-2-13-8-7(9-14(12)10-8)11-5-3-4-6-11/h2-6H2,1H3. The summed E-state index contributed by atoms with van der Waals surface area (Å²) in [6, 6.07) is 0. The highest BCUT2D eigenvalue weighted by Gasteiger charge is 2.27. The molecule has 2 aliphatic rings. The van der Waals surface area contributed by atoms with E-state index in [2.05, 4.69) is 13.7 Å². The van der Waals surface area contributed by atoms with Gasteiger partial charge in [0.25, 0.3) is 17.1 Å². The van der Waals surface area contributed by atoms with Crippen molar-refractivity contribution in [3.05, 3.63) is 0 Å². The van der Waals surface area contributed by atoms with Crippen LogP contribution >= 0.6 is 0 Å². The normalized spacial score (nSPS) is 26.4. The Balaban J connectivity index is 2.13. The van der Waals surface area contributed by atoms with Crippen molar-refractivity contribution < 1.29 is 8.95 Å². The number of amidine groups is 1. The largest absolute Gasteiger partial charge is 0.475 e. The summed E-state index contributed by atoms with van der Waals surface area (Å²) < 4.78 is 24.2. The summed E-state index contributed by atoms with van der Waals surface area (Å²) in [5, 5.41) is 0. The lowest BCUT2D eigenvalue weighted by Crippen LogP contribution is -2.34. The van der Waals surface area contributed by atoms with Crippen molar-refractivity contribution in [1.29, 1.82) is 0 Å². The van der Waals surface area contributed by atoms with Gasteiger partial charge in [0.05, 0.1) is 6.61 Å². The van der Waals surface area contributed by atoms with E-state index in [1.807, 2.05) is 6.92 Å². The second-order valence-electron chi connectivity index (χ2n) is 3.17. The van der Waals surface area contributed by atoms with Crippen molar-refractivity contribution in [2.45, 2.75) is 19.8 Å². The maximum absolute atomic E-state index is 11.1. The lowest BCUT2D eigenvalue weighted by atomic mass is 10.4. The third-order valence-corrected chi connectivity index (χ3v) is 2.85. The highest BCUT2D eigenvalue weighted by molar-refractivity contribution is 7.83. The molecule has 1 unspecified atom stereocenters. The topological polar surface area (TPSA) is 54.3 Å². The predicted octanol–water partition coefficient (Wildman–Crippen LogP) is 0.508. The van der Waals surface area contributed by atoms with E-state index in [-0.39, 0.29) is 0 Å². The summed E-state index contributed by atoms with van der Waals surface area (Å²) in [7, 11) is 0.